The number of aryl methyl sites for hydroxylation is 1. The summed E-state index contributed by atoms with van der Waals surface area (Å²) in [6, 6.07) is 1.79. The van der Waals surface area contributed by atoms with E-state index in [1.54, 1.807) is 24.7 Å². The maximum Gasteiger partial charge on any atom is 0.0860 e. The van der Waals surface area contributed by atoms with Gasteiger partial charge in [-0.25, -0.2) is 0 Å². The molecule has 78 valence electrons. The van der Waals surface area contributed by atoms with Gasteiger partial charge in [-0.15, -0.1) is 0 Å². The van der Waals surface area contributed by atoms with Crippen molar-refractivity contribution in [3.8, 4) is 11.3 Å². The number of pyridine rings is 1. The van der Waals surface area contributed by atoms with E-state index in [2.05, 4.69) is 26.0 Å². The van der Waals surface area contributed by atoms with E-state index in [0.717, 1.165) is 22.3 Å². The van der Waals surface area contributed by atoms with Crippen LogP contribution in [-0.2, 0) is 6.54 Å². The van der Waals surface area contributed by atoms with Crippen LogP contribution in [0.2, 0.25) is 0 Å². The van der Waals surface area contributed by atoms with E-state index in [4.69, 9.17) is 5.73 Å². The molecule has 2 N–H and O–H groups in total. The van der Waals surface area contributed by atoms with E-state index in [9.17, 15) is 0 Å². The highest BCUT2D eigenvalue weighted by Gasteiger charge is 2.12. The van der Waals surface area contributed by atoms with Crippen molar-refractivity contribution in [2.75, 3.05) is 5.73 Å². The van der Waals surface area contributed by atoms with E-state index in [1.165, 1.54) is 0 Å². The van der Waals surface area contributed by atoms with Crippen LogP contribution in [0.3, 0.4) is 0 Å². The molecule has 2 heterocycles. The molecule has 2 rings (SSSR count). The van der Waals surface area contributed by atoms with Crippen molar-refractivity contribution >= 4 is 21.6 Å². The number of anilines is 1. The summed E-state index contributed by atoms with van der Waals surface area (Å²) >= 11 is 3.46. The first-order valence-corrected chi connectivity index (χ1v) is 5.44. The Morgan fingerprint density at radius 3 is 2.93 bits per heavy atom. The zero-order valence-electron chi connectivity index (χ0n) is 8.31. The molecular formula is C10H11BrN4. The minimum Gasteiger partial charge on any atom is -0.398 e. The topological polar surface area (TPSA) is 56.7 Å². The first-order valence-electron chi connectivity index (χ1n) is 4.65. The van der Waals surface area contributed by atoms with Crippen LogP contribution in [0.5, 0.6) is 0 Å². The fourth-order valence-electron chi connectivity index (χ4n) is 1.47. The van der Waals surface area contributed by atoms with Crippen molar-refractivity contribution in [1.29, 1.82) is 0 Å². The van der Waals surface area contributed by atoms with Gasteiger partial charge in [0.2, 0.25) is 0 Å². The average molecular weight is 267 g/mol. The van der Waals surface area contributed by atoms with Crippen molar-refractivity contribution in [3.63, 3.8) is 0 Å². The third-order valence-electron chi connectivity index (χ3n) is 2.20. The lowest BCUT2D eigenvalue weighted by atomic mass is 10.2. The highest BCUT2D eigenvalue weighted by molar-refractivity contribution is 9.10. The predicted molar refractivity (Wildman–Crippen MR) is 63.2 cm³/mol. The monoisotopic (exact) mass is 266 g/mol. The minimum absolute atomic E-state index is 0.709. The molecule has 0 saturated carbocycles. The zero-order valence-corrected chi connectivity index (χ0v) is 9.90. The molecule has 0 amide bonds. The van der Waals surface area contributed by atoms with Crippen LogP contribution in [0.15, 0.2) is 29.1 Å². The van der Waals surface area contributed by atoms with Gasteiger partial charge in [-0.2, -0.15) is 5.10 Å². The summed E-state index contributed by atoms with van der Waals surface area (Å²) in [6.07, 6.45) is 5.20. The van der Waals surface area contributed by atoms with Gasteiger partial charge in [0.05, 0.1) is 16.4 Å². The summed E-state index contributed by atoms with van der Waals surface area (Å²) in [5.74, 6) is 0. The van der Waals surface area contributed by atoms with E-state index in [1.807, 2.05) is 11.6 Å². The smallest absolute Gasteiger partial charge is 0.0860 e. The molecule has 4 nitrogen and oxygen atoms in total. The molecule has 15 heavy (non-hydrogen) atoms. The molecule has 0 fully saturated rings. The number of halogens is 1. The zero-order chi connectivity index (χ0) is 10.8. The molecule has 0 bridgehead atoms. The number of nitrogens with two attached hydrogens (primary N) is 1. The molecule has 0 saturated heterocycles. The molecule has 0 radical (unpaired) electrons. The Bertz CT molecular complexity index is 478. The van der Waals surface area contributed by atoms with Gasteiger partial charge < -0.3 is 5.73 Å². The van der Waals surface area contributed by atoms with Crippen LogP contribution >= 0.6 is 15.9 Å². The molecule has 0 aliphatic carbocycles. The molecule has 2 aromatic rings. The standard InChI is InChI=1S/C10H11BrN4/c1-2-15-10(8(11)6-14-15)7-5-13-4-3-9(7)12/h3-6H,2H2,1H3,(H2,12,13). The molecule has 0 aliphatic heterocycles. The number of hydrogen-bond donors (Lipinski definition) is 1. The molecule has 5 heteroatoms. The Hall–Kier alpha value is -1.36. The summed E-state index contributed by atoms with van der Waals surface area (Å²) in [4.78, 5) is 4.08. The van der Waals surface area contributed by atoms with Gasteiger partial charge in [0, 0.05) is 30.2 Å². The highest BCUT2D eigenvalue weighted by atomic mass is 79.9. The van der Waals surface area contributed by atoms with Crippen molar-refractivity contribution in [3.05, 3.63) is 29.1 Å². The second-order valence-electron chi connectivity index (χ2n) is 3.12. The molecule has 2 aromatic heterocycles. The summed E-state index contributed by atoms with van der Waals surface area (Å²) in [6.45, 7) is 2.84. The Morgan fingerprint density at radius 1 is 1.47 bits per heavy atom. The van der Waals surface area contributed by atoms with Crippen molar-refractivity contribution in [2.45, 2.75) is 13.5 Å². The minimum atomic E-state index is 0.709. The average Bonchev–Trinajstić information content (AvgIpc) is 2.60. The normalized spacial score (nSPS) is 10.5. The summed E-state index contributed by atoms with van der Waals surface area (Å²) < 4.78 is 2.82. The number of nitrogens with zero attached hydrogens (tertiary/aromatic N) is 3. The number of hydrogen-bond acceptors (Lipinski definition) is 3. The van der Waals surface area contributed by atoms with Crippen LogP contribution in [0.4, 0.5) is 5.69 Å². The predicted octanol–water partition coefficient (Wildman–Crippen LogP) is 2.31. The molecule has 0 aliphatic rings. The highest BCUT2D eigenvalue weighted by Crippen LogP contribution is 2.31. The van der Waals surface area contributed by atoms with Gasteiger partial charge >= 0.3 is 0 Å². The molecule has 0 aromatic carbocycles. The van der Waals surface area contributed by atoms with Gasteiger partial charge in [0.1, 0.15) is 0 Å². The summed E-state index contributed by atoms with van der Waals surface area (Å²) in [5.41, 5.74) is 8.49. The van der Waals surface area contributed by atoms with Gasteiger partial charge in [-0.3, -0.25) is 9.67 Å². The lowest BCUT2D eigenvalue weighted by molar-refractivity contribution is 0.667. The Labute approximate surface area is 96.3 Å². The maximum atomic E-state index is 5.90. The molecule has 0 atom stereocenters. The molecule has 0 spiro atoms. The second-order valence-corrected chi connectivity index (χ2v) is 3.97. The van der Waals surface area contributed by atoms with Gasteiger partial charge in [-0.1, -0.05) is 0 Å². The molecule has 0 unspecified atom stereocenters. The van der Waals surface area contributed by atoms with Gasteiger partial charge in [-0.05, 0) is 28.9 Å². The van der Waals surface area contributed by atoms with Gasteiger partial charge in [0.25, 0.3) is 0 Å². The Kier molecular flexibility index (Phi) is 2.73. The maximum absolute atomic E-state index is 5.90. The number of nitrogen functional groups attached to an aromatic ring is 1. The van der Waals surface area contributed by atoms with Crippen LogP contribution in [0.1, 0.15) is 6.92 Å². The lowest BCUT2D eigenvalue weighted by Gasteiger charge is -2.07. The van der Waals surface area contributed by atoms with E-state index in [0.29, 0.717) is 5.69 Å². The first kappa shape index (κ1) is 10.2. The fourth-order valence-corrected chi connectivity index (χ4v) is 1.98. The third-order valence-corrected chi connectivity index (χ3v) is 2.78. The quantitative estimate of drug-likeness (QED) is 0.908. The van der Waals surface area contributed by atoms with Crippen LogP contribution in [-0.4, -0.2) is 14.8 Å². The first-order chi connectivity index (χ1) is 7.24. The van der Waals surface area contributed by atoms with Crippen molar-refractivity contribution in [2.24, 2.45) is 0 Å². The summed E-state index contributed by atoms with van der Waals surface area (Å²) in [7, 11) is 0. The lowest BCUT2D eigenvalue weighted by Crippen LogP contribution is -2.01. The van der Waals surface area contributed by atoms with Gasteiger partial charge in [0.15, 0.2) is 0 Å². The van der Waals surface area contributed by atoms with Crippen molar-refractivity contribution in [1.82, 2.24) is 14.8 Å². The van der Waals surface area contributed by atoms with Crippen molar-refractivity contribution < 1.29 is 0 Å². The third kappa shape index (κ3) is 1.74. The van der Waals surface area contributed by atoms with Crippen LogP contribution in [0, 0.1) is 0 Å². The van der Waals surface area contributed by atoms with Crippen LogP contribution in [0.25, 0.3) is 11.3 Å². The Morgan fingerprint density at radius 2 is 2.27 bits per heavy atom. The number of aromatic nitrogens is 3. The largest absolute Gasteiger partial charge is 0.398 e. The Balaban J connectivity index is 2.63. The number of rotatable bonds is 2. The van der Waals surface area contributed by atoms with E-state index in [-0.39, 0.29) is 0 Å². The summed E-state index contributed by atoms with van der Waals surface area (Å²) in [5, 5.41) is 4.24. The SMILES string of the molecule is CCn1ncc(Br)c1-c1cnccc1N. The van der Waals surface area contributed by atoms with Crippen LogP contribution < -0.4 is 5.73 Å². The van der Waals surface area contributed by atoms with E-state index < -0.39 is 0 Å². The fraction of sp³-hybridized carbons (Fsp3) is 0.200. The van der Waals surface area contributed by atoms with E-state index >= 15 is 0 Å². The molecular weight excluding hydrogens is 256 g/mol. The second kappa shape index (κ2) is 4.02.